The van der Waals surface area contributed by atoms with Crippen LogP contribution in [0.15, 0.2) is 54.7 Å². The van der Waals surface area contributed by atoms with Crippen molar-refractivity contribution in [1.82, 2.24) is 4.57 Å². The Morgan fingerprint density at radius 1 is 1.00 bits per heavy atom. The third-order valence-corrected chi connectivity index (χ3v) is 4.04. The monoisotopic (exact) mass is 355 g/mol. The number of fused-ring (bicyclic) bond motifs is 1. The predicted molar refractivity (Wildman–Crippen MR) is 101 cm³/mol. The molecular formula is C19H18ClN3O2. The molecule has 128 valence electrons. The molecule has 0 spiro atoms. The van der Waals surface area contributed by atoms with Gasteiger partial charge < -0.3 is 15.2 Å². The van der Waals surface area contributed by atoms with Crippen molar-refractivity contribution in [3.8, 4) is 0 Å². The summed E-state index contributed by atoms with van der Waals surface area (Å²) in [5.41, 5.74) is 2.40. The number of halogens is 1. The second-order valence-corrected chi connectivity index (χ2v) is 6.21. The van der Waals surface area contributed by atoms with E-state index in [4.69, 9.17) is 11.6 Å². The number of anilines is 2. The first-order valence-electron chi connectivity index (χ1n) is 7.93. The van der Waals surface area contributed by atoms with Gasteiger partial charge in [-0.25, -0.2) is 0 Å². The van der Waals surface area contributed by atoms with Gasteiger partial charge in [0.05, 0.1) is 0 Å². The molecule has 3 aromatic rings. The van der Waals surface area contributed by atoms with Crippen LogP contribution in [0, 0.1) is 0 Å². The molecular weight excluding hydrogens is 338 g/mol. The smallest absolute Gasteiger partial charge is 0.226 e. The molecule has 6 heteroatoms. The Balaban J connectivity index is 1.59. The number of hydrogen-bond acceptors (Lipinski definition) is 2. The number of aryl methyl sites for hydroxylation is 1. The highest BCUT2D eigenvalue weighted by Gasteiger charge is 2.06. The number of carbonyl (C=O) groups excluding carboxylic acids is 2. The van der Waals surface area contributed by atoms with Crippen molar-refractivity contribution in [2.24, 2.45) is 0 Å². The summed E-state index contributed by atoms with van der Waals surface area (Å²) in [4.78, 5) is 23.1. The van der Waals surface area contributed by atoms with E-state index in [1.807, 2.05) is 35.0 Å². The summed E-state index contributed by atoms with van der Waals surface area (Å²) in [6.07, 6.45) is 2.31. The van der Waals surface area contributed by atoms with E-state index in [-0.39, 0.29) is 11.8 Å². The van der Waals surface area contributed by atoms with Gasteiger partial charge in [-0.15, -0.1) is 0 Å². The quantitative estimate of drug-likeness (QED) is 0.717. The zero-order valence-electron chi connectivity index (χ0n) is 13.8. The topological polar surface area (TPSA) is 63.1 Å². The third-order valence-electron chi connectivity index (χ3n) is 3.80. The van der Waals surface area contributed by atoms with Gasteiger partial charge in [0.1, 0.15) is 0 Å². The molecule has 0 atom stereocenters. The Labute approximate surface area is 150 Å². The number of hydrogen-bond donors (Lipinski definition) is 2. The molecule has 0 fully saturated rings. The minimum atomic E-state index is -0.129. The molecule has 0 unspecified atom stereocenters. The first-order chi connectivity index (χ1) is 12.0. The van der Waals surface area contributed by atoms with Crippen LogP contribution in [0.5, 0.6) is 0 Å². The number of benzene rings is 2. The normalized spacial score (nSPS) is 10.6. The molecule has 1 aromatic heterocycles. The average Bonchev–Trinajstić information content (AvgIpc) is 2.96. The van der Waals surface area contributed by atoms with E-state index < -0.39 is 0 Å². The highest BCUT2D eigenvalue weighted by Crippen LogP contribution is 2.21. The maximum absolute atomic E-state index is 12.2. The van der Waals surface area contributed by atoms with Gasteiger partial charge in [0, 0.05) is 48.0 Å². The Morgan fingerprint density at radius 3 is 2.36 bits per heavy atom. The second-order valence-electron chi connectivity index (χ2n) is 5.77. The van der Waals surface area contributed by atoms with Crippen molar-refractivity contribution in [3.05, 3.63) is 59.8 Å². The van der Waals surface area contributed by atoms with E-state index in [9.17, 15) is 9.59 Å². The summed E-state index contributed by atoms with van der Waals surface area (Å²) in [6, 6.07) is 14.7. The van der Waals surface area contributed by atoms with Gasteiger partial charge in [-0.1, -0.05) is 17.7 Å². The van der Waals surface area contributed by atoms with E-state index in [0.29, 0.717) is 29.4 Å². The molecule has 3 rings (SSSR count). The van der Waals surface area contributed by atoms with Crippen LogP contribution in [0.4, 0.5) is 11.4 Å². The maximum atomic E-state index is 12.2. The molecule has 0 radical (unpaired) electrons. The lowest BCUT2D eigenvalue weighted by atomic mass is 10.2. The summed E-state index contributed by atoms with van der Waals surface area (Å²) in [5, 5.41) is 7.31. The lowest BCUT2D eigenvalue weighted by molar-refractivity contribution is -0.116. The van der Waals surface area contributed by atoms with E-state index in [1.165, 1.54) is 6.92 Å². The van der Waals surface area contributed by atoms with Crippen molar-refractivity contribution in [3.63, 3.8) is 0 Å². The van der Waals surface area contributed by atoms with Gasteiger partial charge in [-0.3, -0.25) is 9.59 Å². The Kier molecular flexibility index (Phi) is 5.05. The largest absolute Gasteiger partial charge is 0.347 e. The number of amides is 2. The summed E-state index contributed by atoms with van der Waals surface area (Å²) >= 11 is 6.04. The molecule has 2 amide bonds. The SMILES string of the molecule is CC(=O)Nc1ccc(NC(=O)CCn2ccc3ccc(Cl)cc32)cc1. The fourth-order valence-corrected chi connectivity index (χ4v) is 2.80. The molecule has 0 aliphatic carbocycles. The van der Waals surface area contributed by atoms with Crippen LogP contribution >= 0.6 is 11.6 Å². The zero-order valence-corrected chi connectivity index (χ0v) is 14.5. The predicted octanol–water partition coefficient (Wildman–Crippen LogP) is 4.28. The van der Waals surface area contributed by atoms with Gasteiger partial charge in [-0.2, -0.15) is 0 Å². The van der Waals surface area contributed by atoms with Crippen LogP contribution in [0.3, 0.4) is 0 Å². The van der Waals surface area contributed by atoms with E-state index in [1.54, 1.807) is 24.3 Å². The minimum absolute atomic E-state index is 0.0730. The molecule has 0 aliphatic heterocycles. The van der Waals surface area contributed by atoms with E-state index >= 15 is 0 Å². The molecule has 0 saturated carbocycles. The molecule has 0 aliphatic rings. The summed E-state index contributed by atoms with van der Waals surface area (Å²) < 4.78 is 2.01. The Morgan fingerprint density at radius 2 is 1.68 bits per heavy atom. The highest BCUT2D eigenvalue weighted by molar-refractivity contribution is 6.31. The zero-order chi connectivity index (χ0) is 17.8. The van der Waals surface area contributed by atoms with Gasteiger partial charge in [0.15, 0.2) is 0 Å². The molecule has 5 nitrogen and oxygen atoms in total. The fraction of sp³-hybridized carbons (Fsp3) is 0.158. The second kappa shape index (κ2) is 7.40. The summed E-state index contributed by atoms with van der Waals surface area (Å²) in [7, 11) is 0. The number of nitrogens with one attached hydrogen (secondary N) is 2. The van der Waals surface area contributed by atoms with Gasteiger partial charge in [0.25, 0.3) is 0 Å². The van der Waals surface area contributed by atoms with Gasteiger partial charge in [0.2, 0.25) is 11.8 Å². The molecule has 0 bridgehead atoms. The van der Waals surface area contributed by atoms with E-state index in [0.717, 1.165) is 10.9 Å². The van der Waals surface area contributed by atoms with Crippen LogP contribution in [-0.4, -0.2) is 16.4 Å². The van der Waals surface area contributed by atoms with Gasteiger partial charge >= 0.3 is 0 Å². The first-order valence-corrected chi connectivity index (χ1v) is 8.31. The van der Waals surface area contributed by atoms with Crippen LogP contribution in [-0.2, 0) is 16.1 Å². The number of aromatic nitrogens is 1. The van der Waals surface area contributed by atoms with Gasteiger partial charge in [-0.05, 0) is 47.9 Å². The number of nitrogens with zero attached hydrogens (tertiary/aromatic N) is 1. The minimum Gasteiger partial charge on any atom is -0.347 e. The summed E-state index contributed by atoms with van der Waals surface area (Å²) in [6.45, 7) is 2.02. The highest BCUT2D eigenvalue weighted by atomic mass is 35.5. The first kappa shape index (κ1) is 17.0. The third kappa shape index (κ3) is 4.39. The lowest BCUT2D eigenvalue weighted by Crippen LogP contribution is -2.14. The van der Waals surface area contributed by atoms with E-state index in [2.05, 4.69) is 10.6 Å². The van der Waals surface area contributed by atoms with Crippen LogP contribution in [0.25, 0.3) is 10.9 Å². The van der Waals surface area contributed by atoms with Crippen molar-refractivity contribution in [2.45, 2.75) is 19.9 Å². The Bertz CT molecular complexity index is 916. The number of rotatable bonds is 5. The average molecular weight is 356 g/mol. The Hall–Kier alpha value is -2.79. The lowest BCUT2D eigenvalue weighted by Gasteiger charge is -2.08. The molecule has 25 heavy (non-hydrogen) atoms. The molecule has 1 heterocycles. The van der Waals surface area contributed by atoms with Crippen LogP contribution in [0.2, 0.25) is 5.02 Å². The standard InChI is InChI=1S/C19H18ClN3O2/c1-13(24)21-16-4-6-17(7-5-16)22-19(25)9-11-23-10-8-14-2-3-15(20)12-18(14)23/h2-8,10,12H,9,11H2,1H3,(H,21,24)(H,22,25). The van der Waals surface area contributed by atoms with Crippen molar-refractivity contribution < 1.29 is 9.59 Å². The molecule has 0 saturated heterocycles. The van der Waals surface area contributed by atoms with Crippen LogP contribution in [0.1, 0.15) is 13.3 Å². The van der Waals surface area contributed by atoms with Crippen molar-refractivity contribution in [2.75, 3.05) is 10.6 Å². The van der Waals surface area contributed by atoms with Crippen molar-refractivity contribution in [1.29, 1.82) is 0 Å². The van der Waals surface area contributed by atoms with Crippen LogP contribution < -0.4 is 10.6 Å². The number of carbonyl (C=O) groups is 2. The maximum Gasteiger partial charge on any atom is 0.226 e. The molecule has 2 aromatic carbocycles. The molecule has 2 N–H and O–H groups in total. The fourth-order valence-electron chi connectivity index (χ4n) is 2.64. The summed E-state index contributed by atoms with van der Waals surface area (Å²) in [5.74, 6) is -0.202. The van der Waals surface area contributed by atoms with Crippen molar-refractivity contribution >= 4 is 45.7 Å².